The maximum Gasteiger partial charge on any atom is 0.234 e. The number of benzene rings is 1. The fourth-order valence-electron chi connectivity index (χ4n) is 1.94. The lowest BCUT2D eigenvalue weighted by Crippen LogP contribution is -2.39. The van der Waals surface area contributed by atoms with Crippen LogP contribution in [0.5, 0.6) is 0 Å². The highest BCUT2D eigenvalue weighted by molar-refractivity contribution is 7.18. The van der Waals surface area contributed by atoms with E-state index >= 15 is 0 Å². The van der Waals surface area contributed by atoms with Crippen molar-refractivity contribution in [3.8, 4) is 0 Å². The second-order valence-corrected chi connectivity index (χ2v) is 6.24. The molecule has 2 aromatic rings. The number of carbonyl (C=O) groups excluding carboxylic acids is 1. The molecule has 0 bridgehead atoms. The number of hydrogen-bond acceptors (Lipinski definition) is 4. The zero-order chi connectivity index (χ0) is 14.5. The van der Waals surface area contributed by atoms with Crippen LogP contribution >= 0.6 is 11.3 Å². The molecule has 108 valence electrons. The molecule has 1 N–H and O–H groups in total. The SMILES string of the molecule is CC[C@H](C)NC(=O)CN(C)Cc1nc2ccccc2s1. The highest BCUT2D eigenvalue weighted by atomic mass is 32.1. The van der Waals surface area contributed by atoms with Crippen LogP contribution in [0, 0.1) is 0 Å². The minimum Gasteiger partial charge on any atom is -0.353 e. The summed E-state index contributed by atoms with van der Waals surface area (Å²) in [6.45, 7) is 5.19. The topological polar surface area (TPSA) is 45.2 Å². The van der Waals surface area contributed by atoms with Crippen LogP contribution in [0.3, 0.4) is 0 Å². The van der Waals surface area contributed by atoms with Gasteiger partial charge in [0.25, 0.3) is 0 Å². The van der Waals surface area contributed by atoms with Gasteiger partial charge >= 0.3 is 0 Å². The van der Waals surface area contributed by atoms with E-state index < -0.39 is 0 Å². The number of para-hydroxylation sites is 1. The van der Waals surface area contributed by atoms with Crippen LogP contribution < -0.4 is 5.32 Å². The smallest absolute Gasteiger partial charge is 0.234 e. The Hall–Kier alpha value is -1.46. The first-order chi connectivity index (χ1) is 9.58. The molecule has 0 aliphatic heterocycles. The van der Waals surface area contributed by atoms with E-state index in [9.17, 15) is 4.79 Å². The van der Waals surface area contributed by atoms with Gasteiger partial charge in [-0.1, -0.05) is 19.1 Å². The van der Waals surface area contributed by atoms with Crippen molar-refractivity contribution in [1.29, 1.82) is 0 Å². The van der Waals surface area contributed by atoms with Crippen molar-refractivity contribution in [2.45, 2.75) is 32.9 Å². The second kappa shape index (κ2) is 6.81. The Kier molecular flexibility index (Phi) is 5.09. The molecule has 1 amide bonds. The molecule has 4 nitrogen and oxygen atoms in total. The van der Waals surface area contributed by atoms with Crippen LogP contribution in [0.2, 0.25) is 0 Å². The van der Waals surface area contributed by atoms with Crippen molar-refractivity contribution in [3.63, 3.8) is 0 Å². The predicted octanol–water partition coefficient (Wildman–Crippen LogP) is 2.64. The zero-order valence-electron chi connectivity index (χ0n) is 12.2. The van der Waals surface area contributed by atoms with Crippen LogP contribution in [0.25, 0.3) is 10.2 Å². The maximum absolute atomic E-state index is 11.8. The maximum atomic E-state index is 11.8. The molecule has 1 atom stereocenters. The lowest BCUT2D eigenvalue weighted by Gasteiger charge is -2.17. The predicted molar refractivity (Wildman–Crippen MR) is 83.8 cm³/mol. The molecule has 1 aromatic heterocycles. The summed E-state index contributed by atoms with van der Waals surface area (Å²) in [6.07, 6.45) is 0.952. The number of nitrogens with zero attached hydrogens (tertiary/aromatic N) is 2. The summed E-state index contributed by atoms with van der Waals surface area (Å²) >= 11 is 1.69. The Balaban J connectivity index is 1.90. The second-order valence-electron chi connectivity index (χ2n) is 5.12. The molecule has 0 unspecified atom stereocenters. The summed E-state index contributed by atoms with van der Waals surface area (Å²) < 4.78 is 1.19. The average molecular weight is 291 g/mol. The molecule has 1 heterocycles. The Bertz CT molecular complexity index is 548. The standard InChI is InChI=1S/C15H21N3OS/c1-4-11(2)16-14(19)9-18(3)10-15-17-12-7-5-6-8-13(12)20-15/h5-8,11H,4,9-10H2,1-3H3,(H,16,19)/t11-/m0/s1. The molecule has 0 aliphatic rings. The minimum absolute atomic E-state index is 0.0722. The first kappa shape index (κ1) is 14.9. The Morgan fingerprint density at radius 1 is 1.45 bits per heavy atom. The highest BCUT2D eigenvalue weighted by Crippen LogP contribution is 2.22. The summed E-state index contributed by atoms with van der Waals surface area (Å²) in [6, 6.07) is 8.35. The number of hydrogen-bond donors (Lipinski definition) is 1. The van der Waals surface area contributed by atoms with Gasteiger partial charge in [0.2, 0.25) is 5.91 Å². The third-order valence-electron chi connectivity index (χ3n) is 3.18. The quantitative estimate of drug-likeness (QED) is 0.890. The zero-order valence-corrected chi connectivity index (χ0v) is 13.0. The molecular formula is C15H21N3OS. The highest BCUT2D eigenvalue weighted by Gasteiger charge is 2.11. The van der Waals surface area contributed by atoms with Crippen LogP contribution in [-0.2, 0) is 11.3 Å². The van der Waals surface area contributed by atoms with Crippen LogP contribution in [-0.4, -0.2) is 35.4 Å². The Morgan fingerprint density at radius 3 is 2.90 bits per heavy atom. The molecule has 5 heteroatoms. The number of aromatic nitrogens is 1. The van der Waals surface area contributed by atoms with Gasteiger partial charge in [-0.25, -0.2) is 4.98 Å². The van der Waals surface area contributed by atoms with Gasteiger partial charge in [-0.05, 0) is 32.5 Å². The van der Waals surface area contributed by atoms with E-state index in [1.54, 1.807) is 11.3 Å². The summed E-state index contributed by atoms with van der Waals surface area (Å²) in [5, 5.41) is 4.02. The Morgan fingerprint density at radius 2 is 2.20 bits per heavy atom. The van der Waals surface area contributed by atoms with Gasteiger partial charge in [0.15, 0.2) is 0 Å². The fraction of sp³-hybridized carbons (Fsp3) is 0.467. The molecule has 0 saturated heterocycles. The number of carbonyl (C=O) groups is 1. The van der Waals surface area contributed by atoms with E-state index in [0.29, 0.717) is 13.1 Å². The molecule has 0 fully saturated rings. The molecule has 0 aliphatic carbocycles. The first-order valence-electron chi connectivity index (χ1n) is 6.91. The van der Waals surface area contributed by atoms with Gasteiger partial charge in [-0.2, -0.15) is 0 Å². The van der Waals surface area contributed by atoms with Crippen LogP contribution in [0.1, 0.15) is 25.3 Å². The number of amides is 1. The van der Waals surface area contributed by atoms with Crippen LogP contribution in [0.4, 0.5) is 0 Å². The Labute approximate surface area is 123 Å². The number of likely N-dealkylation sites (N-methyl/N-ethyl adjacent to an activating group) is 1. The van der Waals surface area contributed by atoms with E-state index in [1.807, 2.05) is 37.1 Å². The third-order valence-corrected chi connectivity index (χ3v) is 4.20. The van der Waals surface area contributed by atoms with Gasteiger partial charge in [0.1, 0.15) is 5.01 Å². The molecule has 0 radical (unpaired) electrons. The van der Waals surface area contributed by atoms with Crippen molar-refractivity contribution in [1.82, 2.24) is 15.2 Å². The number of rotatable bonds is 6. The minimum atomic E-state index is 0.0722. The molecule has 0 saturated carbocycles. The van der Waals surface area contributed by atoms with Gasteiger partial charge in [0.05, 0.1) is 23.3 Å². The van der Waals surface area contributed by atoms with Crippen molar-refractivity contribution in [3.05, 3.63) is 29.3 Å². The van der Waals surface area contributed by atoms with Gasteiger partial charge < -0.3 is 5.32 Å². The van der Waals surface area contributed by atoms with E-state index in [0.717, 1.165) is 16.9 Å². The third kappa shape index (κ3) is 4.02. The molecule has 0 spiro atoms. The molecular weight excluding hydrogens is 270 g/mol. The lowest BCUT2D eigenvalue weighted by atomic mass is 10.2. The van der Waals surface area contributed by atoms with Crippen LogP contribution in [0.15, 0.2) is 24.3 Å². The van der Waals surface area contributed by atoms with Gasteiger partial charge in [0, 0.05) is 6.04 Å². The molecule has 1 aromatic carbocycles. The molecule has 20 heavy (non-hydrogen) atoms. The van der Waals surface area contributed by atoms with Gasteiger partial charge in [-0.3, -0.25) is 9.69 Å². The van der Waals surface area contributed by atoms with Crippen molar-refractivity contribution < 1.29 is 4.79 Å². The van der Waals surface area contributed by atoms with E-state index in [-0.39, 0.29) is 11.9 Å². The van der Waals surface area contributed by atoms with Crippen molar-refractivity contribution in [2.75, 3.05) is 13.6 Å². The summed E-state index contributed by atoms with van der Waals surface area (Å²) in [4.78, 5) is 18.4. The van der Waals surface area contributed by atoms with E-state index in [2.05, 4.69) is 23.3 Å². The summed E-state index contributed by atoms with van der Waals surface area (Å²) in [5.41, 5.74) is 1.03. The average Bonchev–Trinajstić information content (AvgIpc) is 2.79. The first-order valence-corrected chi connectivity index (χ1v) is 7.72. The number of nitrogens with one attached hydrogen (secondary N) is 1. The molecule has 2 rings (SSSR count). The van der Waals surface area contributed by atoms with E-state index in [1.165, 1.54) is 4.70 Å². The van der Waals surface area contributed by atoms with Gasteiger partial charge in [-0.15, -0.1) is 11.3 Å². The lowest BCUT2D eigenvalue weighted by molar-refractivity contribution is -0.122. The van der Waals surface area contributed by atoms with Crippen molar-refractivity contribution >= 4 is 27.5 Å². The summed E-state index contributed by atoms with van der Waals surface area (Å²) in [5.74, 6) is 0.0722. The summed E-state index contributed by atoms with van der Waals surface area (Å²) in [7, 11) is 1.95. The normalized spacial score (nSPS) is 12.8. The van der Waals surface area contributed by atoms with E-state index in [4.69, 9.17) is 0 Å². The monoisotopic (exact) mass is 291 g/mol. The largest absolute Gasteiger partial charge is 0.353 e. The fourth-order valence-corrected chi connectivity index (χ4v) is 2.99. The number of thiazole rings is 1. The van der Waals surface area contributed by atoms with Crippen molar-refractivity contribution in [2.24, 2.45) is 0 Å². The number of fused-ring (bicyclic) bond motifs is 1.